The van der Waals surface area contributed by atoms with E-state index >= 15 is 0 Å². The summed E-state index contributed by atoms with van der Waals surface area (Å²) < 4.78 is 0. The minimum absolute atomic E-state index is 0.0507. The van der Waals surface area contributed by atoms with Crippen molar-refractivity contribution >= 4 is 28.9 Å². The van der Waals surface area contributed by atoms with E-state index in [1.165, 1.54) is 11.3 Å². The molecule has 2 aromatic rings. The van der Waals surface area contributed by atoms with Crippen molar-refractivity contribution in [1.29, 1.82) is 0 Å². The second-order valence-corrected chi connectivity index (χ2v) is 5.19. The van der Waals surface area contributed by atoms with Gasteiger partial charge in [-0.2, -0.15) is 11.3 Å². The number of hydrogen-bond donors (Lipinski definition) is 3. The minimum atomic E-state index is -0.0507. The molecule has 1 amide bonds. The molecule has 112 valence electrons. The van der Waals surface area contributed by atoms with Crippen LogP contribution in [0, 0.1) is 6.92 Å². The number of rotatable bonds is 7. The Bertz CT molecular complexity index is 585. The maximum atomic E-state index is 11.7. The van der Waals surface area contributed by atoms with Crippen molar-refractivity contribution in [3.8, 4) is 0 Å². The predicted octanol–water partition coefficient (Wildman–Crippen LogP) is 2.12. The molecule has 0 spiro atoms. The highest BCUT2D eigenvalue weighted by Gasteiger charge is 2.04. The zero-order valence-corrected chi connectivity index (χ0v) is 13.0. The van der Waals surface area contributed by atoms with Crippen molar-refractivity contribution in [3.63, 3.8) is 0 Å². The number of carbonyl (C=O) groups is 1. The van der Waals surface area contributed by atoms with Gasteiger partial charge in [-0.1, -0.05) is 0 Å². The number of carbonyl (C=O) groups excluding carboxylic acids is 1. The third-order valence-corrected chi connectivity index (χ3v) is 3.38. The van der Waals surface area contributed by atoms with Crippen molar-refractivity contribution in [2.24, 2.45) is 0 Å². The summed E-state index contributed by atoms with van der Waals surface area (Å²) in [6.45, 7) is 5.83. The van der Waals surface area contributed by atoms with Crippen molar-refractivity contribution < 1.29 is 4.79 Å². The van der Waals surface area contributed by atoms with Gasteiger partial charge in [-0.3, -0.25) is 4.79 Å². The molecule has 3 N–H and O–H groups in total. The van der Waals surface area contributed by atoms with Gasteiger partial charge in [-0.25, -0.2) is 9.97 Å². The Labute approximate surface area is 128 Å². The van der Waals surface area contributed by atoms with E-state index in [0.717, 1.165) is 18.2 Å². The molecule has 2 aromatic heterocycles. The first-order valence-electron chi connectivity index (χ1n) is 6.83. The van der Waals surface area contributed by atoms with Crippen LogP contribution in [-0.2, 0) is 0 Å². The van der Waals surface area contributed by atoms with Crippen LogP contribution in [0.2, 0.25) is 0 Å². The predicted molar refractivity (Wildman–Crippen MR) is 86.1 cm³/mol. The van der Waals surface area contributed by atoms with Crippen molar-refractivity contribution in [1.82, 2.24) is 15.3 Å². The zero-order chi connectivity index (χ0) is 15.1. The van der Waals surface area contributed by atoms with Gasteiger partial charge in [0, 0.05) is 36.6 Å². The second kappa shape index (κ2) is 7.58. The molecule has 0 radical (unpaired) electrons. The molecular formula is C14H19N5OS. The van der Waals surface area contributed by atoms with Crippen LogP contribution in [0.5, 0.6) is 0 Å². The molecule has 0 saturated carbocycles. The van der Waals surface area contributed by atoms with Gasteiger partial charge in [0.05, 0.1) is 0 Å². The van der Waals surface area contributed by atoms with E-state index in [0.29, 0.717) is 24.5 Å². The molecule has 0 aliphatic rings. The van der Waals surface area contributed by atoms with Crippen LogP contribution < -0.4 is 16.0 Å². The van der Waals surface area contributed by atoms with Gasteiger partial charge in [0.25, 0.3) is 5.91 Å². The van der Waals surface area contributed by atoms with Crippen LogP contribution in [0.25, 0.3) is 0 Å². The average Bonchev–Trinajstić information content (AvgIpc) is 2.97. The molecule has 2 heterocycles. The third-order valence-electron chi connectivity index (χ3n) is 2.70. The van der Waals surface area contributed by atoms with E-state index < -0.39 is 0 Å². The quantitative estimate of drug-likeness (QED) is 0.683. The van der Waals surface area contributed by atoms with Gasteiger partial charge in [0.1, 0.15) is 17.5 Å². The summed E-state index contributed by atoms with van der Waals surface area (Å²) in [6.07, 6.45) is 0. The van der Waals surface area contributed by atoms with E-state index in [1.807, 2.05) is 36.7 Å². The lowest BCUT2D eigenvalue weighted by molar-refractivity contribution is 0.0955. The molecule has 0 aliphatic carbocycles. The van der Waals surface area contributed by atoms with Gasteiger partial charge >= 0.3 is 0 Å². The summed E-state index contributed by atoms with van der Waals surface area (Å²) in [5.41, 5.74) is 0.701. The number of amides is 1. The van der Waals surface area contributed by atoms with E-state index in [9.17, 15) is 4.79 Å². The van der Waals surface area contributed by atoms with Crippen molar-refractivity contribution in [2.45, 2.75) is 13.8 Å². The van der Waals surface area contributed by atoms with E-state index in [1.54, 1.807) is 0 Å². The third kappa shape index (κ3) is 4.71. The number of thiophene rings is 1. The normalized spacial score (nSPS) is 10.2. The molecule has 0 atom stereocenters. The highest BCUT2D eigenvalue weighted by atomic mass is 32.1. The molecule has 21 heavy (non-hydrogen) atoms. The van der Waals surface area contributed by atoms with Crippen LogP contribution >= 0.6 is 11.3 Å². The largest absolute Gasteiger partial charge is 0.370 e. The summed E-state index contributed by atoms with van der Waals surface area (Å²) in [5.74, 6) is 2.21. The monoisotopic (exact) mass is 305 g/mol. The molecule has 0 bridgehead atoms. The molecule has 2 rings (SSSR count). The molecule has 0 fully saturated rings. The standard InChI is InChI=1S/C14H19N5OS/c1-3-15-12-8-13(19-10(2)18-12)16-5-6-17-14(20)11-4-7-21-9-11/h4,7-9H,3,5-6H2,1-2H3,(H,17,20)(H2,15,16,18,19). The molecule has 0 saturated heterocycles. The molecule has 6 nitrogen and oxygen atoms in total. The molecule has 7 heteroatoms. The Balaban J connectivity index is 1.79. The Morgan fingerprint density at radius 1 is 1.24 bits per heavy atom. The van der Waals surface area contributed by atoms with Crippen molar-refractivity contribution in [3.05, 3.63) is 34.3 Å². The van der Waals surface area contributed by atoms with E-state index in [-0.39, 0.29) is 5.91 Å². The smallest absolute Gasteiger partial charge is 0.252 e. The van der Waals surface area contributed by atoms with E-state index in [2.05, 4.69) is 25.9 Å². The minimum Gasteiger partial charge on any atom is -0.370 e. The lowest BCUT2D eigenvalue weighted by atomic mass is 10.3. The molecule has 0 unspecified atom stereocenters. The van der Waals surface area contributed by atoms with Crippen LogP contribution in [0.1, 0.15) is 23.1 Å². The maximum absolute atomic E-state index is 11.7. The first-order chi connectivity index (χ1) is 10.2. The molecule has 0 aliphatic heterocycles. The molecule has 0 aromatic carbocycles. The summed E-state index contributed by atoms with van der Waals surface area (Å²) in [5, 5.41) is 12.9. The number of aromatic nitrogens is 2. The fourth-order valence-electron chi connectivity index (χ4n) is 1.79. The summed E-state index contributed by atoms with van der Waals surface area (Å²) >= 11 is 1.51. The Hall–Kier alpha value is -2.15. The van der Waals surface area contributed by atoms with E-state index in [4.69, 9.17) is 0 Å². The van der Waals surface area contributed by atoms with Crippen molar-refractivity contribution in [2.75, 3.05) is 30.3 Å². The number of aryl methyl sites for hydroxylation is 1. The van der Waals surface area contributed by atoms with Crippen LogP contribution in [0.3, 0.4) is 0 Å². The van der Waals surface area contributed by atoms with Crippen LogP contribution in [0.15, 0.2) is 22.9 Å². The highest BCUT2D eigenvalue weighted by Crippen LogP contribution is 2.10. The lowest BCUT2D eigenvalue weighted by Crippen LogP contribution is -2.28. The van der Waals surface area contributed by atoms with Crippen LogP contribution in [0.4, 0.5) is 11.6 Å². The Morgan fingerprint density at radius 3 is 2.67 bits per heavy atom. The highest BCUT2D eigenvalue weighted by molar-refractivity contribution is 7.08. The van der Waals surface area contributed by atoms with Gasteiger partial charge in [-0.15, -0.1) is 0 Å². The van der Waals surface area contributed by atoms with Crippen LogP contribution in [-0.4, -0.2) is 35.5 Å². The summed E-state index contributed by atoms with van der Waals surface area (Å²) in [7, 11) is 0. The van der Waals surface area contributed by atoms with Gasteiger partial charge in [0.15, 0.2) is 0 Å². The number of nitrogens with one attached hydrogen (secondary N) is 3. The number of hydrogen-bond acceptors (Lipinski definition) is 6. The lowest BCUT2D eigenvalue weighted by Gasteiger charge is -2.09. The summed E-state index contributed by atoms with van der Waals surface area (Å²) in [6, 6.07) is 3.67. The maximum Gasteiger partial charge on any atom is 0.252 e. The topological polar surface area (TPSA) is 78.9 Å². The van der Waals surface area contributed by atoms with Gasteiger partial charge < -0.3 is 16.0 Å². The Kier molecular flexibility index (Phi) is 5.51. The number of nitrogens with zero attached hydrogens (tertiary/aromatic N) is 2. The average molecular weight is 305 g/mol. The fourth-order valence-corrected chi connectivity index (χ4v) is 2.43. The SMILES string of the molecule is CCNc1cc(NCCNC(=O)c2ccsc2)nc(C)n1. The first-order valence-corrected chi connectivity index (χ1v) is 7.77. The fraction of sp³-hybridized carbons (Fsp3) is 0.357. The zero-order valence-electron chi connectivity index (χ0n) is 12.1. The van der Waals surface area contributed by atoms with Gasteiger partial charge in [0.2, 0.25) is 0 Å². The first kappa shape index (κ1) is 15.2. The Morgan fingerprint density at radius 2 is 2.00 bits per heavy atom. The van der Waals surface area contributed by atoms with Gasteiger partial charge in [-0.05, 0) is 25.3 Å². The summed E-state index contributed by atoms with van der Waals surface area (Å²) in [4.78, 5) is 20.3. The number of anilines is 2. The second-order valence-electron chi connectivity index (χ2n) is 4.41. The molecular weight excluding hydrogens is 286 g/mol.